The van der Waals surface area contributed by atoms with E-state index in [0.717, 1.165) is 12.8 Å². The number of ether oxygens (including phenoxy) is 1. The summed E-state index contributed by atoms with van der Waals surface area (Å²) in [4.78, 5) is 0. The van der Waals surface area contributed by atoms with Crippen LogP contribution in [0.2, 0.25) is 10.0 Å². The van der Waals surface area contributed by atoms with Crippen molar-refractivity contribution >= 4 is 29.0 Å². The van der Waals surface area contributed by atoms with Crippen molar-refractivity contribution < 1.29 is 9.94 Å². The van der Waals surface area contributed by atoms with E-state index in [-0.39, 0.29) is 11.3 Å². The quantitative estimate of drug-likeness (QED) is 0.378. The molecular weight excluding hydrogens is 275 g/mol. The van der Waals surface area contributed by atoms with Gasteiger partial charge in [-0.1, -0.05) is 28.4 Å². The number of amidine groups is 1. The van der Waals surface area contributed by atoms with Gasteiger partial charge >= 0.3 is 0 Å². The zero-order chi connectivity index (χ0) is 13.2. The molecule has 1 aliphatic carbocycles. The van der Waals surface area contributed by atoms with E-state index in [4.69, 9.17) is 38.9 Å². The summed E-state index contributed by atoms with van der Waals surface area (Å²) in [5, 5.41) is 12.6. The van der Waals surface area contributed by atoms with Gasteiger partial charge in [0.25, 0.3) is 0 Å². The van der Waals surface area contributed by atoms with Gasteiger partial charge in [0.05, 0.1) is 6.61 Å². The Hall–Kier alpha value is -1.13. The van der Waals surface area contributed by atoms with Crippen molar-refractivity contribution in [2.75, 3.05) is 6.61 Å². The first-order valence-electron chi connectivity index (χ1n) is 5.58. The largest absolute Gasteiger partial charge is 0.493 e. The molecule has 0 aliphatic heterocycles. The number of nitrogens with zero attached hydrogens (tertiary/aromatic N) is 1. The fourth-order valence-corrected chi connectivity index (χ4v) is 2.32. The Bertz CT molecular complexity index is 453. The molecule has 0 saturated heterocycles. The number of benzene rings is 1. The van der Waals surface area contributed by atoms with E-state index < -0.39 is 0 Å². The van der Waals surface area contributed by atoms with Crippen LogP contribution in [0.4, 0.5) is 0 Å². The van der Waals surface area contributed by atoms with Crippen LogP contribution in [-0.4, -0.2) is 17.6 Å². The fraction of sp³-hybridized carbons (Fsp3) is 0.417. The molecule has 1 aromatic carbocycles. The van der Waals surface area contributed by atoms with Crippen molar-refractivity contribution in [1.82, 2.24) is 0 Å². The Balaban J connectivity index is 1.95. The van der Waals surface area contributed by atoms with Gasteiger partial charge in [0.15, 0.2) is 0 Å². The topological polar surface area (TPSA) is 67.8 Å². The third-order valence-electron chi connectivity index (χ3n) is 3.02. The van der Waals surface area contributed by atoms with Crippen molar-refractivity contribution in [3.63, 3.8) is 0 Å². The highest BCUT2D eigenvalue weighted by Gasteiger charge is 2.44. The number of nitrogens with two attached hydrogens (primary N) is 1. The fourth-order valence-electron chi connectivity index (χ4n) is 1.82. The first-order chi connectivity index (χ1) is 8.53. The van der Waals surface area contributed by atoms with Crippen LogP contribution in [0.25, 0.3) is 0 Å². The number of rotatable bonds is 5. The zero-order valence-electron chi connectivity index (χ0n) is 9.70. The van der Waals surface area contributed by atoms with Gasteiger partial charge in [-0.3, -0.25) is 0 Å². The first-order valence-corrected chi connectivity index (χ1v) is 6.34. The molecule has 0 aromatic heterocycles. The molecule has 2 rings (SSSR count). The summed E-state index contributed by atoms with van der Waals surface area (Å²) in [5.74, 6) is 0.874. The lowest BCUT2D eigenvalue weighted by Gasteiger charge is -2.15. The summed E-state index contributed by atoms with van der Waals surface area (Å²) in [6, 6.07) is 5.08. The van der Waals surface area contributed by atoms with Crippen LogP contribution in [0.3, 0.4) is 0 Å². The van der Waals surface area contributed by atoms with Crippen molar-refractivity contribution in [1.29, 1.82) is 0 Å². The summed E-state index contributed by atoms with van der Waals surface area (Å²) in [7, 11) is 0. The Kier molecular flexibility index (Phi) is 3.88. The van der Waals surface area contributed by atoms with E-state index in [2.05, 4.69) is 5.16 Å². The van der Waals surface area contributed by atoms with Crippen molar-refractivity contribution in [3.05, 3.63) is 28.2 Å². The van der Waals surface area contributed by atoms with Gasteiger partial charge < -0.3 is 15.7 Å². The van der Waals surface area contributed by atoms with Crippen LogP contribution in [0, 0.1) is 5.41 Å². The Morgan fingerprint density at radius 3 is 2.44 bits per heavy atom. The average Bonchev–Trinajstić information content (AvgIpc) is 3.05. The molecule has 1 aromatic rings. The summed E-state index contributed by atoms with van der Waals surface area (Å²) in [6.45, 7) is 0.514. The lowest BCUT2D eigenvalue weighted by Crippen LogP contribution is -2.22. The lowest BCUT2D eigenvalue weighted by atomic mass is 10.0. The lowest BCUT2D eigenvalue weighted by molar-refractivity contribution is 0.236. The highest BCUT2D eigenvalue weighted by molar-refractivity contribution is 6.34. The number of hydrogen-bond acceptors (Lipinski definition) is 3. The molecule has 6 heteroatoms. The van der Waals surface area contributed by atoms with Crippen LogP contribution in [0.5, 0.6) is 5.75 Å². The Morgan fingerprint density at radius 2 is 1.94 bits per heavy atom. The molecule has 0 radical (unpaired) electrons. The molecule has 0 atom stereocenters. The van der Waals surface area contributed by atoms with Gasteiger partial charge in [-0.2, -0.15) is 0 Å². The van der Waals surface area contributed by atoms with Crippen molar-refractivity contribution in [3.8, 4) is 5.75 Å². The molecule has 0 spiro atoms. The van der Waals surface area contributed by atoms with Crippen LogP contribution in [0.15, 0.2) is 23.4 Å². The third-order valence-corrected chi connectivity index (χ3v) is 3.46. The second-order valence-corrected chi connectivity index (χ2v) is 5.53. The van der Waals surface area contributed by atoms with E-state index in [1.54, 1.807) is 18.2 Å². The number of oxime groups is 1. The van der Waals surface area contributed by atoms with Crippen LogP contribution in [-0.2, 0) is 0 Å². The van der Waals surface area contributed by atoms with Gasteiger partial charge in [0.1, 0.15) is 11.6 Å². The van der Waals surface area contributed by atoms with Gasteiger partial charge in [0.2, 0.25) is 0 Å². The monoisotopic (exact) mass is 288 g/mol. The second-order valence-electron chi connectivity index (χ2n) is 4.66. The molecule has 1 aliphatic rings. The molecule has 0 bridgehead atoms. The summed E-state index contributed by atoms with van der Waals surface area (Å²) >= 11 is 11.8. The van der Waals surface area contributed by atoms with Crippen molar-refractivity contribution in [2.24, 2.45) is 16.3 Å². The van der Waals surface area contributed by atoms with E-state index >= 15 is 0 Å². The molecule has 0 unspecified atom stereocenters. The summed E-state index contributed by atoms with van der Waals surface area (Å²) < 4.78 is 5.68. The predicted octanol–water partition coefficient (Wildman–Crippen LogP) is 3.29. The molecular formula is C12H14Cl2N2O2. The molecule has 1 fully saturated rings. The van der Waals surface area contributed by atoms with Gasteiger partial charge in [0, 0.05) is 21.9 Å². The van der Waals surface area contributed by atoms with E-state index in [9.17, 15) is 0 Å². The second kappa shape index (κ2) is 5.24. The van der Waals surface area contributed by atoms with Crippen LogP contribution >= 0.6 is 23.2 Å². The summed E-state index contributed by atoms with van der Waals surface area (Å²) in [6.07, 6.45) is 2.56. The minimum atomic E-state index is -0.00882. The average molecular weight is 289 g/mol. The highest BCUT2D eigenvalue weighted by Crippen LogP contribution is 2.49. The standard InChI is InChI=1S/C12H14Cl2N2O2/c13-8-3-9(14)5-10(4-8)18-7-12(1-2-12)6-11(15)16-17/h3-5,17H,1-2,6-7H2,(H2,15,16). The van der Waals surface area contributed by atoms with E-state index in [1.165, 1.54) is 0 Å². The molecule has 0 heterocycles. The van der Waals surface area contributed by atoms with Crippen LogP contribution in [0.1, 0.15) is 19.3 Å². The van der Waals surface area contributed by atoms with Gasteiger partial charge in [-0.15, -0.1) is 0 Å². The third kappa shape index (κ3) is 3.43. The van der Waals surface area contributed by atoms with Crippen molar-refractivity contribution in [2.45, 2.75) is 19.3 Å². The zero-order valence-corrected chi connectivity index (χ0v) is 11.2. The van der Waals surface area contributed by atoms with Gasteiger partial charge in [-0.25, -0.2) is 0 Å². The molecule has 1 saturated carbocycles. The number of halogens is 2. The normalized spacial score (nSPS) is 17.6. The Labute approximate surface area is 115 Å². The highest BCUT2D eigenvalue weighted by atomic mass is 35.5. The maximum Gasteiger partial charge on any atom is 0.139 e. The molecule has 0 amide bonds. The first kappa shape index (κ1) is 13.3. The minimum absolute atomic E-state index is 0.00882. The Morgan fingerprint density at radius 1 is 1.33 bits per heavy atom. The van der Waals surface area contributed by atoms with E-state index in [1.807, 2.05) is 0 Å². The maximum absolute atomic E-state index is 8.57. The molecule has 3 N–H and O–H groups in total. The number of hydrogen-bond donors (Lipinski definition) is 2. The summed E-state index contributed by atoms with van der Waals surface area (Å²) in [5.41, 5.74) is 5.51. The smallest absolute Gasteiger partial charge is 0.139 e. The molecule has 98 valence electrons. The predicted molar refractivity (Wildman–Crippen MR) is 71.6 cm³/mol. The molecule has 18 heavy (non-hydrogen) atoms. The van der Waals surface area contributed by atoms with Crippen LogP contribution < -0.4 is 10.5 Å². The van der Waals surface area contributed by atoms with Gasteiger partial charge in [-0.05, 0) is 31.0 Å². The molecule has 4 nitrogen and oxygen atoms in total. The van der Waals surface area contributed by atoms with E-state index in [0.29, 0.717) is 28.8 Å². The maximum atomic E-state index is 8.57. The SMILES string of the molecule is NC(CC1(COc2cc(Cl)cc(Cl)c2)CC1)=NO. The minimum Gasteiger partial charge on any atom is -0.493 e.